The van der Waals surface area contributed by atoms with Crippen LogP contribution >= 0.6 is 0 Å². The van der Waals surface area contributed by atoms with Gasteiger partial charge >= 0.3 is 0 Å². The molecule has 0 amide bonds. The third-order valence-electron chi connectivity index (χ3n) is 2.50. The first-order valence-corrected chi connectivity index (χ1v) is 5.57. The molecule has 0 aliphatic rings. The van der Waals surface area contributed by atoms with E-state index in [4.69, 9.17) is 4.74 Å². The lowest BCUT2D eigenvalue weighted by Gasteiger charge is -2.15. The number of aryl methyl sites for hydroxylation is 1. The second kappa shape index (κ2) is 6.51. The van der Waals surface area contributed by atoms with Crippen LogP contribution in [0, 0.1) is 0 Å². The first-order valence-electron chi connectivity index (χ1n) is 5.57. The van der Waals surface area contributed by atoms with Crippen molar-refractivity contribution < 1.29 is 9.84 Å². The van der Waals surface area contributed by atoms with E-state index < -0.39 is 0 Å². The number of hydrogen-bond acceptors (Lipinski definition) is 3. The van der Waals surface area contributed by atoms with E-state index in [0.717, 1.165) is 25.1 Å². The molecule has 1 rings (SSSR count). The molecular formula is C13H21NO2. The Morgan fingerprint density at radius 2 is 1.88 bits per heavy atom. The number of methoxy groups -OCH3 is 1. The van der Waals surface area contributed by atoms with Gasteiger partial charge in [-0.1, -0.05) is 12.1 Å². The van der Waals surface area contributed by atoms with Crippen molar-refractivity contribution in [2.75, 3.05) is 27.7 Å². The SMILES string of the molecule is COc1ccc(CCC(O)CN(C)C)cc1. The van der Waals surface area contributed by atoms with Crippen LogP contribution < -0.4 is 4.74 Å². The Balaban J connectivity index is 2.36. The molecule has 16 heavy (non-hydrogen) atoms. The zero-order chi connectivity index (χ0) is 12.0. The van der Waals surface area contributed by atoms with Crippen LogP contribution in [0.4, 0.5) is 0 Å². The van der Waals surface area contributed by atoms with Crippen LogP contribution in [0.3, 0.4) is 0 Å². The quantitative estimate of drug-likeness (QED) is 0.794. The Morgan fingerprint density at radius 3 is 2.38 bits per heavy atom. The summed E-state index contributed by atoms with van der Waals surface area (Å²) in [5.74, 6) is 0.873. The first-order chi connectivity index (χ1) is 7.61. The van der Waals surface area contributed by atoms with Crippen molar-refractivity contribution in [2.45, 2.75) is 18.9 Å². The molecular weight excluding hydrogens is 202 g/mol. The predicted octanol–water partition coefficient (Wildman–Crippen LogP) is 1.55. The van der Waals surface area contributed by atoms with Crippen LogP contribution in [0.5, 0.6) is 5.75 Å². The zero-order valence-electron chi connectivity index (χ0n) is 10.3. The number of benzene rings is 1. The van der Waals surface area contributed by atoms with E-state index in [2.05, 4.69) is 0 Å². The second-order valence-corrected chi connectivity index (χ2v) is 4.30. The van der Waals surface area contributed by atoms with Crippen molar-refractivity contribution in [3.05, 3.63) is 29.8 Å². The standard InChI is InChI=1S/C13H21NO2/c1-14(2)10-12(15)7-4-11-5-8-13(16-3)9-6-11/h5-6,8-9,12,15H,4,7,10H2,1-3H3. The maximum Gasteiger partial charge on any atom is 0.118 e. The smallest absolute Gasteiger partial charge is 0.118 e. The van der Waals surface area contributed by atoms with Crippen molar-refractivity contribution in [3.8, 4) is 5.75 Å². The van der Waals surface area contributed by atoms with Gasteiger partial charge in [0.05, 0.1) is 13.2 Å². The van der Waals surface area contributed by atoms with Crippen LogP contribution in [0.25, 0.3) is 0 Å². The summed E-state index contributed by atoms with van der Waals surface area (Å²) < 4.78 is 5.09. The third kappa shape index (κ3) is 4.64. The number of hydrogen-bond donors (Lipinski definition) is 1. The van der Waals surface area contributed by atoms with Crippen LogP contribution in [0.2, 0.25) is 0 Å². The van der Waals surface area contributed by atoms with Gasteiger partial charge in [0.2, 0.25) is 0 Å². The summed E-state index contributed by atoms with van der Waals surface area (Å²) in [6.07, 6.45) is 1.45. The molecule has 3 nitrogen and oxygen atoms in total. The van der Waals surface area contributed by atoms with Gasteiger partial charge in [-0.25, -0.2) is 0 Å². The molecule has 1 atom stereocenters. The lowest BCUT2D eigenvalue weighted by atomic mass is 10.1. The molecule has 0 spiro atoms. The first kappa shape index (κ1) is 13.0. The highest BCUT2D eigenvalue weighted by atomic mass is 16.5. The Bertz CT molecular complexity index is 295. The van der Waals surface area contributed by atoms with Gasteiger partial charge < -0.3 is 14.7 Å². The lowest BCUT2D eigenvalue weighted by molar-refractivity contribution is 0.128. The molecule has 0 aromatic heterocycles. The molecule has 0 bridgehead atoms. The third-order valence-corrected chi connectivity index (χ3v) is 2.50. The largest absolute Gasteiger partial charge is 0.497 e. The molecule has 3 heteroatoms. The zero-order valence-corrected chi connectivity index (χ0v) is 10.3. The van der Waals surface area contributed by atoms with Crippen LogP contribution in [-0.4, -0.2) is 43.9 Å². The maximum atomic E-state index is 9.72. The highest BCUT2D eigenvalue weighted by Gasteiger charge is 2.05. The van der Waals surface area contributed by atoms with Gasteiger partial charge in [-0.3, -0.25) is 0 Å². The van der Waals surface area contributed by atoms with Gasteiger partial charge in [-0.15, -0.1) is 0 Å². The van der Waals surface area contributed by atoms with Gasteiger partial charge in [0.25, 0.3) is 0 Å². The van der Waals surface area contributed by atoms with Crippen molar-refractivity contribution >= 4 is 0 Å². The van der Waals surface area contributed by atoms with E-state index in [1.807, 2.05) is 43.3 Å². The van der Waals surface area contributed by atoms with E-state index in [-0.39, 0.29) is 6.10 Å². The number of nitrogens with zero attached hydrogens (tertiary/aromatic N) is 1. The molecule has 0 saturated heterocycles. The van der Waals surface area contributed by atoms with Gasteiger partial charge in [0.1, 0.15) is 5.75 Å². The summed E-state index contributed by atoms with van der Waals surface area (Å²) in [6.45, 7) is 0.718. The average Bonchev–Trinajstić information content (AvgIpc) is 2.26. The topological polar surface area (TPSA) is 32.7 Å². The van der Waals surface area contributed by atoms with E-state index in [1.165, 1.54) is 5.56 Å². The minimum atomic E-state index is -0.253. The van der Waals surface area contributed by atoms with Crippen molar-refractivity contribution in [1.82, 2.24) is 4.90 Å². The molecule has 90 valence electrons. The summed E-state index contributed by atoms with van der Waals surface area (Å²) in [6, 6.07) is 7.99. The predicted molar refractivity (Wildman–Crippen MR) is 65.9 cm³/mol. The maximum absolute atomic E-state index is 9.72. The second-order valence-electron chi connectivity index (χ2n) is 4.30. The highest BCUT2D eigenvalue weighted by molar-refractivity contribution is 5.27. The van der Waals surface area contributed by atoms with Crippen LogP contribution in [0.1, 0.15) is 12.0 Å². The fraction of sp³-hybridized carbons (Fsp3) is 0.538. The van der Waals surface area contributed by atoms with Gasteiger partial charge in [0.15, 0.2) is 0 Å². The molecule has 0 radical (unpaired) electrons. The molecule has 1 aromatic rings. The molecule has 1 aromatic carbocycles. The number of rotatable bonds is 6. The molecule has 0 saturated carbocycles. The van der Waals surface area contributed by atoms with Crippen molar-refractivity contribution in [1.29, 1.82) is 0 Å². The summed E-state index contributed by atoms with van der Waals surface area (Å²) in [4.78, 5) is 2.00. The Labute approximate surface area is 97.7 Å². The van der Waals surface area contributed by atoms with Gasteiger partial charge in [-0.05, 0) is 44.6 Å². The summed E-state index contributed by atoms with van der Waals surface area (Å²) in [7, 11) is 5.60. The van der Waals surface area contributed by atoms with E-state index >= 15 is 0 Å². The summed E-state index contributed by atoms with van der Waals surface area (Å²) >= 11 is 0. The fourth-order valence-electron chi connectivity index (χ4n) is 1.64. The fourth-order valence-corrected chi connectivity index (χ4v) is 1.64. The Kier molecular flexibility index (Phi) is 5.29. The van der Waals surface area contributed by atoms with Crippen LogP contribution in [0.15, 0.2) is 24.3 Å². The molecule has 0 fully saturated rings. The van der Waals surface area contributed by atoms with Crippen molar-refractivity contribution in [3.63, 3.8) is 0 Å². The van der Waals surface area contributed by atoms with E-state index in [0.29, 0.717) is 0 Å². The Morgan fingerprint density at radius 1 is 1.25 bits per heavy atom. The summed E-state index contributed by atoms with van der Waals surface area (Å²) in [5, 5.41) is 9.72. The molecule has 0 aliphatic heterocycles. The molecule has 1 unspecified atom stereocenters. The average molecular weight is 223 g/mol. The molecule has 0 aliphatic carbocycles. The van der Waals surface area contributed by atoms with E-state index in [1.54, 1.807) is 7.11 Å². The van der Waals surface area contributed by atoms with Gasteiger partial charge in [0, 0.05) is 6.54 Å². The van der Waals surface area contributed by atoms with Gasteiger partial charge in [-0.2, -0.15) is 0 Å². The minimum Gasteiger partial charge on any atom is -0.497 e. The Hall–Kier alpha value is -1.06. The normalized spacial score (nSPS) is 12.8. The van der Waals surface area contributed by atoms with Crippen LogP contribution in [-0.2, 0) is 6.42 Å². The molecule has 0 heterocycles. The number of aliphatic hydroxyl groups is 1. The van der Waals surface area contributed by atoms with E-state index in [9.17, 15) is 5.11 Å². The highest BCUT2D eigenvalue weighted by Crippen LogP contribution is 2.13. The minimum absolute atomic E-state index is 0.253. The number of ether oxygens (including phenoxy) is 1. The monoisotopic (exact) mass is 223 g/mol. The van der Waals surface area contributed by atoms with Crippen molar-refractivity contribution in [2.24, 2.45) is 0 Å². The molecule has 1 N–H and O–H groups in total. The number of likely N-dealkylation sites (N-methyl/N-ethyl adjacent to an activating group) is 1. The lowest BCUT2D eigenvalue weighted by Crippen LogP contribution is -2.26. The summed E-state index contributed by atoms with van der Waals surface area (Å²) in [5.41, 5.74) is 1.23. The number of aliphatic hydroxyl groups excluding tert-OH is 1.